The van der Waals surface area contributed by atoms with Gasteiger partial charge in [-0.25, -0.2) is 4.99 Å². The quantitative estimate of drug-likeness (QED) is 0.348. The summed E-state index contributed by atoms with van der Waals surface area (Å²) in [6, 6.07) is 26.5. The number of para-hydroxylation sites is 1. The maximum atomic E-state index is 14.0. The van der Waals surface area contributed by atoms with Gasteiger partial charge >= 0.3 is 0 Å². The number of aromatic nitrogens is 3. The zero-order valence-corrected chi connectivity index (χ0v) is 22.2. The van der Waals surface area contributed by atoms with Crippen molar-refractivity contribution in [3.63, 3.8) is 0 Å². The van der Waals surface area contributed by atoms with Crippen molar-refractivity contribution in [1.82, 2.24) is 14.8 Å². The first-order valence-electron chi connectivity index (χ1n) is 12.5. The molecule has 6 rings (SSSR count). The molecular weight excluding hydrogens is 506 g/mol. The molecule has 0 saturated heterocycles. The molecule has 192 valence electrons. The number of aryl methyl sites for hydroxylation is 1. The fourth-order valence-corrected chi connectivity index (χ4v) is 5.89. The van der Waals surface area contributed by atoms with Crippen molar-refractivity contribution in [2.45, 2.75) is 19.9 Å². The molecule has 0 spiro atoms. The first-order chi connectivity index (χ1) is 19.0. The summed E-state index contributed by atoms with van der Waals surface area (Å²) in [4.78, 5) is 33.0. The molecule has 8 heteroatoms. The molecule has 2 aromatic heterocycles. The third-order valence-electron chi connectivity index (χ3n) is 6.79. The average molecular weight is 532 g/mol. The van der Waals surface area contributed by atoms with Crippen LogP contribution in [0.15, 0.2) is 112 Å². The summed E-state index contributed by atoms with van der Waals surface area (Å²) < 4.78 is 2.15. The first-order valence-corrected chi connectivity index (χ1v) is 13.4. The van der Waals surface area contributed by atoms with Gasteiger partial charge in [0.1, 0.15) is 0 Å². The summed E-state index contributed by atoms with van der Waals surface area (Å²) in [5, 5.41) is 10.3. The Kier molecular flexibility index (Phi) is 6.38. The lowest BCUT2D eigenvalue weighted by atomic mass is 9.95. The minimum absolute atomic E-state index is 0.207. The van der Waals surface area contributed by atoms with E-state index in [0.717, 1.165) is 33.6 Å². The number of anilines is 1. The van der Waals surface area contributed by atoms with Crippen LogP contribution in [0.5, 0.6) is 0 Å². The smallest absolute Gasteiger partial charge is 0.271 e. The zero-order chi connectivity index (χ0) is 26.9. The fraction of sp³-hybridized carbons (Fsp3) is 0.0968. The molecule has 2 N–H and O–H groups in total. The predicted octanol–water partition coefficient (Wildman–Crippen LogP) is 4.57. The van der Waals surface area contributed by atoms with Crippen LogP contribution < -0.4 is 20.2 Å². The molecule has 39 heavy (non-hydrogen) atoms. The van der Waals surface area contributed by atoms with Crippen molar-refractivity contribution in [3.05, 3.63) is 139 Å². The zero-order valence-electron chi connectivity index (χ0n) is 21.4. The highest BCUT2D eigenvalue weighted by atomic mass is 32.1. The van der Waals surface area contributed by atoms with Crippen LogP contribution in [0.2, 0.25) is 0 Å². The molecule has 0 bridgehead atoms. The van der Waals surface area contributed by atoms with E-state index in [1.807, 2.05) is 105 Å². The second-order valence-corrected chi connectivity index (χ2v) is 10.3. The van der Waals surface area contributed by atoms with Crippen molar-refractivity contribution < 1.29 is 4.79 Å². The molecule has 1 unspecified atom stereocenters. The van der Waals surface area contributed by atoms with Gasteiger partial charge in [-0.3, -0.25) is 19.3 Å². The summed E-state index contributed by atoms with van der Waals surface area (Å²) in [6.45, 7) is 3.77. The number of H-pyrrole nitrogens is 1. The molecule has 1 aliphatic rings. The SMILES string of the molecule is CC1=C(C(=O)Nc2ccccc2C)C(c2ccccc2)n2c(s/c(=C/c3cn[nH]c3-c3ccccc3)c2=O)=N1. The van der Waals surface area contributed by atoms with Crippen LogP contribution >= 0.6 is 11.3 Å². The van der Waals surface area contributed by atoms with Crippen LogP contribution in [0.4, 0.5) is 5.69 Å². The molecule has 0 aliphatic carbocycles. The Bertz CT molecular complexity index is 1900. The van der Waals surface area contributed by atoms with Crippen LogP contribution in [-0.4, -0.2) is 20.7 Å². The van der Waals surface area contributed by atoms with Crippen molar-refractivity contribution in [1.29, 1.82) is 0 Å². The standard InChI is InChI=1S/C31H25N5O2S/c1-19-11-9-10-16-24(19)34-29(37)26-20(2)33-31-36(28(26)22-14-7-4-8-15-22)30(38)25(39-31)17-23-18-32-35-27(23)21-12-5-3-6-13-21/h3-18,28H,1-2H3,(H,32,35)(H,34,37)/b25-17+. The van der Waals surface area contributed by atoms with E-state index in [1.165, 1.54) is 11.3 Å². The molecule has 1 aliphatic heterocycles. The molecule has 1 amide bonds. The van der Waals surface area contributed by atoms with Gasteiger partial charge in [0.25, 0.3) is 11.5 Å². The number of hydrogen-bond donors (Lipinski definition) is 2. The molecule has 0 saturated carbocycles. The minimum atomic E-state index is -0.619. The van der Waals surface area contributed by atoms with Gasteiger partial charge in [-0.1, -0.05) is 90.2 Å². The van der Waals surface area contributed by atoms with Crippen LogP contribution in [-0.2, 0) is 4.79 Å². The van der Waals surface area contributed by atoms with Gasteiger partial charge in [0, 0.05) is 16.8 Å². The largest absolute Gasteiger partial charge is 0.322 e. The van der Waals surface area contributed by atoms with Gasteiger partial charge in [-0.05, 0) is 37.1 Å². The molecule has 7 nitrogen and oxygen atoms in total. The molecule has 3 heterocycles. The number of rotatable bonds is 5. The van der Waals surface area contributed by atoms with E-state index in [1.54, 1.807) is 10.8 Å². The van der Waals surface area contributed by atoms with Gasteiger partial charge in [-0.15, -0.1) is 0 Å². The molecule has 3 aromatic carbocycles. The third kappa shape index (κ3) is 4.55. The predicted molar refractivity (Wildman–Crippen MR) is 154 cm³/mol. The lowest BCUT2D eigenvalue weighted by molar-refractivity contribution is -0.113. The summed E-state index contributed by atoms with van der Waals surface area (Å²) in [6.07, 6.45) is 3.55. The van der Waals surface area contributed by atoms with Crippen molar-refractivity contribution in [2.24, 2.45) is 4.99 Å². The number of fused-ring (bicyclic) bond motifs is 1. The van der Waals surface area contributed by atoms with Gasteiger partial charge in [0.2, 0.25) is 0 Å². The Morgan fingerprint density at radius 2 is 1.67 bits per heavy atom. The number of carbonyl (C=O) groups is 1. The molecule has 1 atom stereocenters. The second-order valence-electron chi connectivity index (χ2n) is 9.33. The summed E-state index contributed by atoms with van der Waals surface area (Å²) >= 11 is 1.31. The molecular formula is C31H25N5O2S. The molecule has 5 aromatic rings. The number of carbonyl (C=O) groups excluding carboxylic acids is 1. The Morgan fingerprint density at radius 1 is 0.974 bits per heavy atom. The van der Waals surface area contributed by atoms with Gasteiger partial charge < -0.3 is 5.32 Å². The third-order valence-corrected chi connectivity index (χ3v) is 7.78. The van der Waals surface area contributed by atoms with Crippen molar-refractivity contribution >= 4 is 29.0 Å². The van der Waals surface area contributed by atoms with Crippen LogP contribution in [0, 0.1) is 6.92 Å². The van der Waals surface area contributed by atoms with Gasteiger partial charge in [0.15, 0.2) is 4.80 Å². The highest BCUT2D eigenvalue weighted by Gasteiger charge is 2.32. The van der Waals surface area contributed by atoms with E-state index in [9.17, 15) is 9.59 Å². The highest BCUT2D eigenvalue weighted by molar-refractivity contribution is 7.07. The Morgan fingerprint density at radius 3 is 2.41 bits per heavy atom. The maximum Gasteiger partial charge on any atom is 0.271 e. The average Bonchev–Trinajstić information content (AvgIpc) is 3.54. The lowest BCUT2D eigenvalue weighted by Gasteiger charge is -2.25. The number of nitrogens with one attached hydrogen (secondary N) is 2. The summed E-state index contributed by atoms with van der Waals surface area (Å²) in [5.74, 6) is -0.283. The Hall–Kier alpha value is -4.82. The maximum absolute atomic E-state index is 14.0. The number of allylic oxidation sites excluding steroid dienone is 1. The first kappa shape index (κ1) is 24.5. The molecule has 0 radical (unpaired) electrons. The number of nitrogens with zero attached hydrogens (tertiary/aromatic N) is 3. The van der Waals surface area contributed by atoms with Crippen molar-refractivity contribution in [3.8, 4) is 11.3 Å². The number of thiazole rings is 1. The number of amides is 1. The van der Waals surface area contributed by atoms with E-state index in [2.05, 4.69) is 15.5 Å². The van der Waals surface area contributed by atoms with Crippen LogP contribution in [0.1, 0.15) is 29.7 Å². The van der Waals surface area contributed by atoms with Crippen LogP contribution in [0.3, 0.4) is 0 Å². The summed E-state index contributed by atoms with van der Waals surface area (Å²) in [7, 11) is 0. The Labute approximate surface area is 228 Å². The fourth-order valence-electron chi connectivity index (χ4n) is 4.85. The number of hydrogen-bond acceptors (Lipinski definition) is 5. The van der Waals surface area contributed by atoms with E-state index in [4.69, 9.17) is 4.99 Å². The van der Waals surface area contributed by atoms with E-state index < -0.39 is 6.04 Å². The topological polar surface area (TPSA) is 92.1 Å². The van der Waals surface area contributed by atoms with E-state index in [-0.39, 0.29) is 11.5 Å². The number of aromatic amines is 1. The van der Waals surface area contributed by atoms with Crippen molar-refractivity contribution in [2.75, 3.05) is 5.32 Å². The van der Waals surface area contributed by atoms with Crippen LogP contribution in [0.25, 0.3) is 17.3 Å². The second kappa shape index (κ2) is 10.2. The van der Waals surface area contributed by atoms with Gasteiger partial charge in [0.05, 0.1) is 33.7 Å². The number of benzene rings is 3. The monoisotopic (exact) mass is 531 g/mol. The normalized spacial score (nSPS) is 15.1. The highest BCUT2D eigenvalue weighted by Crippen LogP contribution is 2.31. The minimum Gasteiger partial charge on any atom is -0.322 e. The lowest BCUT2D eigenvalue weighted by Crippen LogP contribution is -2.40. The molecule has 0 fully saturated rings. The Balaban J connectivity index is 1.49. The van der Waals surface area contributed by atoms with E-state index >= 15 is 0 Å². The summed E-state index contributed by atoms with van der Waals surface area (Å²) in [5.41, 5.74) is 5.93. The van der Waals surface area contributed by atoms with Gasteiger partial charge in [-0.2, -0.15) is 5.10 Å². The van der Waals surface area contributed by atoms with E-state index in [0.29, 0.717) is 20.6 Å².